The predicted octanol–water partition coefficient (Wildman–Crippen LogP) is 6.22. The minimum Gasteiger partial charge on any atom is -0.451 e. The summed E-state index contributed by atoms with van der Waals surface area (Å²) in [4.78, 5) is 28.0. The number of hydrogen-bond donors (Lipinski definition) is 1. The Morgan fingerprint density at radius 3 is 2.67 bits per heavy atom. The first-order valence-electron chi connectivity index (χ1n) is 10.1. The molecule has 0 radical (unpaired) electrons. The molecule has 3 aromatic carbocycles. The van der Waals surface area contributed by atoms with Crippen molar-refractivity contribution in [2.45, 2.75) is 6.92 Å². The van der Waals surface area contributed by atoms with Crippen LogP contribution in [0.2, 0.25) is 0 Å². The number of nitro groups is 1. The van der Waals surface area contributed by atoms with Crippen molar-refractivity contribution >= 4 is 28.4 Å². The van der Waals surface area contributed by atoms with Crippen molar-refractivity contribution in [1.29, 1.82) is 0 Å². The number of aryl methyl sites for hydroxylation is 1. The molecule has 0 spiro atoms. The van der Waals surface area contributed by atoms with E-state index in [1.807, 2.05) is 31.2 Å². The molecule has 0 saturated heterocycles. The summed E-state index contributed by atoms with van der Waals surface area (Å²) in [5, 5.41) is 14.0. The summed E-state index contributed by atoms with van der Waals surface area (Å²) in [7, 11) is 0. The minimum atomic E-state index is -0.490. The van der Waals surface area contributed by atoms with Gasteiger partial charge >= 0.3 is 0 Å². The van der Waals surface area contributed by atoms with Gasteiger partial charge in [0, 0.05) is 17.3 Å². The van der Waals surface area contributed by atoms with Crippen LogP contribution in [0.5, 0.6) is 0 Å². The van der Waals surface area contributed by atoms with Crippen LogP contribution in [0.4, 0.5) is 11.4 Å². The molecule has 5 aromatic rings. The molecule has 0 unspecified atom stereocenters. The van der Waals surface area contributed by atoms with E-state index in [2.05, 4.69) is 10.3 Å². The molecule has 0 aliphatic carbocycles. The zero-order chi connectivity index (χ0) is 22.9. The first kappa shape index (κ1) is 20.2. The maximum absolute atomic E-state index is 12.7. The van der Waals surface area contributed by atoms with E-state index in [0.29, 0.717) is 28.3 Å². The molecular weight excluding hydrogens is 422 g/mol. The molecule has 0 aliphatic heterocycles. The summed E-state index contributed by atoms with van der Waals surface area (Å²) < 4.78 is 11.5. The second-order valence-electron chi connectivity index (χ2n) is 7.46. The summed E-state index contributed by atoms with van der Waals surface area (Å²) in [6.45, 7) is 1.99. The van der Waals surface area contributed by atoms with Gasteiger partial charge in [-0.3, -0.25) is 14.9 Å². The van der Waals surface area contributed by atoms with Crippen LogP contribution >= 0.6 is 0 Å². The summed E-state index contributed by atoms with van der Waals surface area (Å²) in [6, 6.07) is 22.1. The Balaban J connectivity index is 1.38. The second kappa shape index (κ2) is 8.08. The number of nitro benzene ring substituents is 1. The number of amides is 1. The molecule has 0 bridgehead atoms. The summed E-state index contributed by atoms with van der Waals surface area (Å²) in [5.41, 5.74) is 3.97. The number of aromatic nitrogens is 1. The third-order valence-electron chi connectivity index (χ3n) is 5.11. The molecule has 0 saturated carbocycles. The molecule has 8 nitrogen and oxygen atoms in total. The fourth-order valence-electron chi connectivity index (χ4n) is 3.53. The van der Waals surface area contributed by atoms with Gasteiger partial charge in [-0.25, -0.2) is 4.98 Å². The van der Waals surface area contributed by atoms with E-state index in [4.69, 9.17) is 8.83 Å². The van der Waals surface area contributed by atoms with E-state index in [1.54, 1.807) is 36.4 Å². The van der Waals surface area contributed by atoms with Gasteiger partial charge in [0.15, 0.2) is 11.3 Å². The SMILES string of the molecule is Cc1ccc2oc(-c3cccc(NC(=O)c4ccc(-c5ccccc5[N+](=O)[O-])o4)c3)nc2c1. The lowest BCUT2D eigenvalue weighted by Gasteiger charge is -2.05. The average Bonchev–Trinajstić information content (AvgIpc) is 3.46. The van der Waals surface area contributed by atoms with Crippen molar-refractivity contribution in [2.75, 3.05) is 5.32 Å². The molecule has 0 atom stereocenters. The quantitative estimate of drug-likeness (QED) is 0.257. The highest BCUT2D eigenvalue weighted by molar-refractivity contribution is 6.03. The number of rotatable bonds is 5. The molecule has 0 fully saturated rings. The number of nitrogens with one attached hydrogen (secondary N) is 1. The van der Waals surface area contributed by atoms with Crippen LogP contribution in [0.3, 0.4) is 0 Å². The van der Waals surface area contributed by atoms with Crippen LogP contribution in [-0.4, -0.2) is 15.8 Å². The number of anilines is 1. The van der Waals surface area contributed by atoms with Gasteiger partial charge in [0.05, 0.1) is 10.5 Å². The lowest BCUT2D eigenvalue weighted by atomic mass is 10.1. The van der Waals surface area contributed by atoms with Crippen molar-refractivity contribution < 1.29 is 18.6 Å². The molecule has 33 heavy (non-hydrogen) atoms. The highest BCUT2D eigenvalue weighted by Gasteiger charge is 2.19. The number of benzene rings is 3. The Kier molecular flexibility index (Phi) is 4.95. The van der Waals surface area contributed by atoms with Gasteiger partial charge in [0.25, 0.3) is 11.6 Å². The summed E-state index contributed by atoms with van der Waals surface area (Å²) in [6.07, 6.45) is 0. The molecule has 1 amide bonds. The second-order valence-corrected chi connectivity index (χ2v) is 7.46. The Labute approximate surface area is 187 Å². The number of fused-ring (bicyclic) bond motifs is 1. The molecule has 0 aliphatic rings. The lowest BCUT2D eigenvalue weighted by Crippen LogP contribution is -2.10. The van der Waals surface area contributed by atoms with E-state index in [-0.39, 0.29) is 17.2 Å². The van der Waals surface area contributed by atoms with Crippen LogP contribution in [0.15, 0.2) is 87.7 Å². The zero-order valence-corrected chi connectivity index (χ0v) is 17.4. The van der Waals surface area contributed by atoms with Gasteiger partial charge in [-0.15, -0.1) is 0 Å². The standard InChI is InChI=1S/C25H17N3O5/c1-15-9-10-22-19(13-15)27-25(33-22)16-5-4-6-17(14-16)26-24(29)23-12-11-21(32-23)18-7-2-3-8-20(18)28(30)31/h2-14H,1H3,(H,26,29). The average molecular weight is 439 g/mol. The van der Waals surface area contributed by atoms with E-state index >= 15 is 0 Å². The normalized spacial score (nSPS) is 10.9. The van der Waals surface area contributed by atoms with Gasteiger partial charge < -0.3 is 14.2 Å². The number of furan rings is 1. The molecule has 162 valence electrons. The Morgan fingerprint density at radius 1 is 0.970 bits per heavy atom. The van der Waals surface area contributed by atoms with Crippen molar-refractivity contribution in [1.82, 2.24) is 4.98 Å². The van der Waals surface area contributed by atoms with E-state index in [1.165, 1.54) is 18.2 Å². The van der Waals surface area contributed by atoms with Gasteiger partial charge in [-0.2, -0.15) is 0 Å². The molecular formula is C25H17N3O5. The molecule has 8 heteroatoms. The fraction of sp³-hybridized carbons (Fsp3) is 0.0400. The maximum atomic E-state index is 12.7. The van der Waals surface area contributed by atoms with Crippen molar-refractivity contribution in [3.05, 3.63) is 100 Å². The van der Waals surface area contributed by atoms with E-state index in [0.717, 1.165) is 11.1 Å². The summed E-state index contributed by atoms with van der Waals surface area (Å²) >= 11 is 0. The first-order chi connectivity index (χ1) is 16.0. The third kappa shape index (κ3) is 3.97. The highest BCUT2D eigenvalue weighted by Crippen LogP contribution is 2.31. The lowest BCUT2D eigenvalue weighted by molar-refractivity contribution is -0.384. The number of para-hydroxylation sites is 1. The third-order valence-corrected chi connectivity index (χ3v) is 5.11. The van der Waals surface area contributed by atoms with Crippen LogP contribution in [-0.2, 0) is 0 Å². The Hall–Kier alpha value is -4.72. The molecule has 1 N–H and O–H groups in total. The molecule has 2 aromatic heterocycles. The van der Waals surface area contributed by atoms with Gasteiger partial charge in [0.2, 0.25) is 5.89 Å². The van der Waals surface area contributed by atoms with Crippen molar-refractivity contribution in [3.63, 3.8) is 0 Å². The van der Waals surface area contributed by atoms with Crippen LogP contribution in [0.1, 0.15) is 16.1 Å². The van der Waals surface area contributed by atoms with E-state index < -0.39 is 10.8 Å². The topological polar surface area (TPSA) is 111 Å². The number of oxazole rings is 1. The zero-order valence-electron chi connectivity index (χ0n) is 17.4. The van der Waals surface area contributed by atoms with Gasteiger partial charge in [0.1, 0.15) is 11.3 Å². The maximum Gasteiger partial charge on any atom is 0.291 e. The van der Waals surface area contributed by atoms with Gasteiger partial charge in [-0.05, 0) is 61.0 Å². The van der Waals surface area contributed by atoms with E-state index in [9.17, 15) is 14.9 Å². The minimum absolute atomic E-state index is 0.0332. The van der Waals surface area contributed by atoms with Gasteiger partial charge in [-0.1, -0.05) is 24.3 Å². The van der Waals surface area contributed by atoms with Crippen molar-refractivity contribution in [3.8, 4) is 22.8 Å². The molecule has 2 heterocycles. The molecule has 5 rings (SSSR count). The Morgan fingerprint density at radius 2 is 1.82 bits per heavy atom. The smallest absolute Gasteiger partial charge is 0.291 e. The highest BCUT2D eigenvalue weighted by atomic mass is 16.6. The largest absolute Gasteiger partial charge is 0.451 e. The monoisotopic (exact) mass is 439 g/mol. The van der Waals surface area contributed by atoms with Crippen LogP contribution < -0.4 is 5.32 Å². The Bertz CT molecular complexity index is 1520. The number of carbonyl (C=O) groups is 1. The number of carbonyl (C=O) groups excluding carboxylic acids is 1. The van der Waals surface area contributed by atoms with Crippen LogP contribution in [0.25, 0.3) is 33.9 Å². The first-order valence-corrected chi connectivity index (χ1v) is 10.1. The van der Waals surface area contributed by atoms with Crippen LogP contribution in [0, 0.1) is 17.0 Å². The van der Waals surface area contributed by atoms with Crippen molar-refractivity contribution in [2.24, 2.45) is 0 Å². The number of nitrogens with zero attached hydrogens (tertiary/aromatic N) is 2. The predicted molar refractivity (Wildman–Crippen MR) is 123 cm³/mol. The number of hydrogen-bond acceptors (Lipinski definition) is 6. The fourth-order valence-corrected chi connectivity index (χ4v) is 3.53. The summed E-state index contributed by atoms with van der Waals surface area (Å²) in [5.74, 6) is 0.238.